The van der Waals surface area contributed by atoms with Crippen molar-refractivity contribution in [2.45, 2.75) is 24.0 Å². The van der Waals surface area contributed by atoms with Crippen molar-refractivity contribution in [1.29, 1.82) is 0 Å². The number of hydrogen-bond acceptors (Lipinski definition) is 4. The highest BCUT2D eigenvalue weighted by Crippen LogP contribution is 2.24. The van der Waals surface area contributed by atoms with E-state index in [1.165, 1.54) is 25.3 Å². The van der Waals surface area contributed by atoms with Crippen LogP contribution < -0.4 is 4.74 Å². The Morgan fingerprint density at radius 3 is 2.39 bits per heavy atom. The Kier molecular flexibility index (Phi) is 4.34. The molecule has 1 atom stereocenters. The molecule has 0 spiro atoms. The van der Waals surface area contributed by atoms with Crippen molar-refractivity contribution in [2.24, 2.45) is 5.92 Å². The third kappa shape index (κ3) is 2.81. The Hall–Kier alpha value is -1.56. The minimum Gasteiger partial charge on any atom is -0.497 e. The summed E-state index contributed by atoms with van der Waals surface area (Å²) in [7, 11) is -2.49. The van der Waals surface area contributed by atoms with Crippen molar-refractivity contribution in [3.8, 4) is 5.75 Å². The second kappa shape index (κ2) is 5.39. The zero-order valence-electron chi connectivity index (χ0n) is 10.5. The Balaban J connectivity index is 3.31. The van der Waals surface area contributed by atoms with E-state index in [1.807, 2.05) is 0 Å². The van der Waals surface area contributed by atoms with Crippen LogP contribution in [0.1, 0.15) is 13.8 Å². The Morgan fingerprint density at radius 1 is 1.33 bits per heavy atom. The summed E-state index contributed by atoms with van der Waals surface area (Å²) < 4.78 is 29.4. The van der Waals surface area contributed by atoms with Gasteiger partial charge in [-0.2, -0.15) is 0 Å². The monoisotopic (exact) mass is 272 g/mol. The highest BCUT2D eigenvalue weighted by molar-refractivity contribution is 7.92. The molecule has 0 aliphatic carbocycles. The van der Waals surface area contributed by atoms with Crippen molar-refractivity contribution >= 4 is 15.8 Å². The van der Waals surface area contributed by atoms with Crippen LogP contribution in [0.2, 0.25) is 0 Å². The molecule has 1 unspecified atom stereocenters. The quantitative estimate of drug-likeness (QED) is 0.880. The van der Waals surface area contributed by atoms with Gasteiger partial charge >= 0.3 is 5.97 Å². The summed E-state index contributed by atoms with van der Waals surface area (Å²) in [5.41, 5.74) is 0. The molecular formula is C12H16O5S. The van der Waals surface area contributed by atoms with Crippen LogP contribution in [0.15, 0.2) is 29.2 Å². The van der Waals surface area contributed by atoms with E-state index in [0.717, 1.165) is 0 Å². The normalized spacial score (nSPS) is 13.3. The van der Waals surface area contributed by atoms with Crippen molar-refractivity contribution < 1.29 is 23.1 Å². The molecule has 0 bridgehead atoms. The average molecular weight is 272 g/mol. The SMILES string of the molecule is COc1cccc(S(=O)(=O)C(C(=O)O)C(C)C)c1. The van der Waals surface area contributed by atoms with Crippen LogP contribution in [0, 0.1) is 5.92 Å². The van der Waals surface area contributed by atoms with Crippen molar-refractivity contribution in [3.05, 3.63) is 24.3 Å². The fourth-order valence-electron chi connectivity index (χ4n) is 1.70. The van der Waals surface area contributed by atoms with Gasteiger partial charge in [0.2, 0.25) is 0 Å². The first kappa shape index (κ1) is 14.5. The molecule has 100 valence electrons. The van der Waals surface area contributed by atoms with Gasteiger partial charge in [0.1, 0.15) is 5.75 Å². The zero-order valence-corrected chi connectivity index (χ0v) is 11.3. The summed E-state index contributed by atoms with van der Waals surface area (Å²) in [5.74, 6) is -1.48. The second-order valence-electron chi connectivity index (χ2n) is 4.23. The fraction of sp³-hybridized carbons (Fsp3) is 0.417. The Morgan fingerprint density at radius 2 is 1.94 bits per heavy atom. The number of carboxylic acids is 1. The van der Waals surface area contributed by atoms with Crippen LogP contribution in [0.3, 0.4) is 0 Å². The number of hydrogen-bond donors (Lipinski definition) is 1. The summed E-state index contributed by atoms with van der Waals surface area (Å²) in [4.78, 5) is 11.1. The summed E-state index contributed by atoms with van der Waals surface area (Å²) in [6.45, 7) is 3.13. The van der Waals surface area contributed by atoms with Crippen molar-refractivity contribution in [3.63, 3.8) is 0 Å². The van der Waals surface area contributed by atoms with E-state index in [9.17, 15) is 13.2 Å². The maximum absolute atomic E-state index is 12.2. The van der Waals surface area contributed by atoms with Gasteiger partial charge in [-0.25, -0.2) is 8.42 Å². The smallest absolute Gasteiger partial charge is 0.322 e. The molecule has 0 radical (unpaired) electrons. The molecule has 1 aromatic carbocycles. The lowest BCUT2D eigenvalue weighted by atomic mass is 10.1. The van der Waals surface area contributed by atoms with E-state index >= 15 is 0 Å². The van der Waals surface area contributed by atoms with E-state index in [2.05, 4.69) is 0 Å². The van der Waals surface area contributed by atoms with E-state index in [-0.39, 0.29) is 4.90 Å². The standard InChI is InChI=1S/C12H16O5S/c1-8(2)11(12(13)14)18(15,16)10-6-4-5-9(7-10)17-3/h4-8,11H,1-3H3,(H,13,14). The highest BCUT2D eigenvalue weighted by atomic mass is 32.2. The fourth-order valence-corrected chi connectivity index (χ4v) is 3.52. The molecule has 1 aromatic rings. The molecule has 0 aromatic heterocycles. The number of rotatable bonds is 5. The van der Waals surface area contributed by atoms with Gasteiger partial charge in [-0.1, -0.05) is 19.9 Å². The highest BCUT2D eigenvalue weighted by Gasteiger charge is 2.36. The second-order valence-corrected chi connectivity index (χ2v) is 6.30. The molecular weight excluding hydrogens is 256 g/mol. The van der Waals surface area contributed by atoms with Gasteiger partial charge in [0.15, 0.2) is 15.1 Å². The largest absolute Gasteiger partial charge is 0.497 e. The molecule has 0 saturated heterocycles. The summed E-state index contributed by atoms with van der Waals surface area (Å²) >= 11 is 0. The van der Waals surface area contributed by atoms with E-state index < -0.39 is 27.0 Å². The first-order chi connectivity index (χ1) is 8.30. The minimum atomic E-state index is -3.91. The first-order valence-electron chi connectivity index (χ1n) is 5.41. The number of ether oxygens (including phenoxy) is 1. The first-order valence-corrected chi connectivity index (χ1v) is 6.96. The minimum absolute atomic E-state index is 0.0389. The Labute approximate surface area is 106 Å². The molecule has 0 saturated carbocycles. The summed E-state index contributed by atoms with van der Waals surface area (Å²) in [6.07, 6.45) is 0. The van der Waals surface area contributed by atoms with Crippen LogP contribution in [0.4, 0.5) is 0 Å². The molecule has 1 rings (SSSR count). The van der Waals surface area contributed by atoms with Gasteiger partial charge in [-0.05, 0) is 24.1 Å². The number of sulfone groups is 1. The van der Waals surface area contributed by atoms with Crippen LogP contribution in [0.25, 0.3) is 0 Å². The van der Waals surface area contributed by atoms with Gasteiger partial charge in [0.25, 0.3) is 0 Å². The lowest BCUT2D eigenvalue weighted by Crippen LogP contribution is -2.35. The van der Waals surface area contributed by atoms with E-state index in [1.54, 1.807) is 19.9 Å². The summed E-state index contributed by atoms with van der Waals surface area (Å²) in [5, 5.41) is 7.60. The lowest BCUT2D eigenvalue weighted by molar-refractivity contribution is -0.137. The van der Waals surface area contributed by atoms with E-state index in [0.29, 0.717) is 5.75 Å². The van der Waals surface area contributed by atoms with Crippen LogP contribution in [0.5, 0.6) is 5.75 Å². The number of carboxylic acid groups (broad SMARTS) is 1. The van der Waals surface area contributed by atoms with Crippen LogP contribution >= 0.6 is 0 Å². The predicted octanol–water partition coefficient (Wildman–Crippen LogP) is 1.58. The predicted molar refractivity (Wildman–Crippen MR) is 66.4 cm³/mol. The summed E-state index contributed by atoms with van der Waals surface area (Å²) in [6, 6.07) is 5.82. The third-order valence-corrected chi connectivity index (χ3v) is 4.88. The third-order valence-electron chi connectivity index (χ3n) is 2.55. The molecule has 0 heterocycles. The molecule has 5 nitrogen and oxygen atoms in total. The molecule has 0 amide bonds. The van der Waals surface area contributed by atoms with E-state index in [4.69, 9.17) is 9.84 Å². The van der Waals surface area contributed by atoms with Gasteiger partial charge in [0.05, 0.1) is 12.0 Å². The van der Waals surface area contributed by atoms with Gasteiger partial charge in [0, 0.05) is 0 Å². The molecule has 6 heteroatoms. The maximum atomic E-state index is 12.2. The molecule has 0 aliphatic rings. The van der Waals surface area contributed by atoms with Gasteiger partial charge in [-0.15, -0.1) is 0 Å². The van der Waals surface area contributed by atoms with Crippen molar-refractivity contribution in [2.75, 3.05) is 7.11 Å². The zero-order chi connectivity index (χ0) is 13.9. The molecule has 0 fully saturated rings. The Bertz CT molecular complexity index is 533. The molecule has 1 N–H and O–H groups in total. The number of aliphatic carboxylic acids is 1. The van der Waals surface area contributed by atoms with Gasteiger partial charge < -0.3 is 9.84 Å². The van der Waals surface area contributed by atoms with Crippen LogP contribution in [-0.2, 0) is 14.6 Å². The van der Waals surface area contributed by atoms with Crippen LogP contribution in [-0.4, -0.2) is 31.9 Å². The topological polar surface area (TPSA) is 80.7 Å². The van der Waals surface area contributed by atoms with Crippen molar-refractivity contribution in [1.82, 2.24) is 0 Å². The number of methoxy groups -OCH3 is 1. The maximum Gasteiger partial charge on any atom is 0.322 e. The number of carbonyl (C=O) groups is 1. The van der Waals surface area contributed by atoms with Gasteiger partial charge in [-0.3, -0.25) is 4.79 Å². The lowest BCUT2D eigenvalue weighted by Gasteiger charge is -2.17. The molecule has 18 heavy (non-hydrogen) atoms. The average Bonchev–Trinajstić information content (AvgIpc) is 2.27. The molecule has 0 aliphatic heterocycles. The number of benzene rings is 1.